The van der Waals surface area contributed by atoms with Gasteiger partial charge in [-0.1, -0.05) is 53.6 Å². The first kappa shape index (κ1) is 17.3. The Bertz CT molecular complexity index is 807. The number of nitrogens with one attached hydrogen (secondary N) is 1. The molecule has 1 aliphatic rings. The van der Waals surface area contributed by atoms with Crippen molar-refractivity contribution >= 4 is 17.9 Å². The number of anilines is 1. The molecule has 2 aromatic rings. The molecule has 3 rings (SSSR count). The summed E-state index contributed by atoms with van der Waals surface area (Å²) < 4.78 is 5.11. The largest absolute Gasteiger partial charge is 0.359 e. The normalized spacial score (nSPS) is 19.3. The molecule has 1 aliphatic heterocycles. The van der Waals surface area contributed by atoms with Crippen LogP contribution in [0.2, 0.25) is 0 Å². The molecule has 1 fully saturated rings. The maximum absolute atomic E-state index is 12.5. The summed E-state index contributed by atoms with van der Waals surface area (Å²) in [7, 11) is 0. The summed E-state index contributed by atoms with van der Waals surface area (Å²) in [5, 5.41) is 6.76. The highest BCUT2D eigenvalue weighted by atomic mass is 16.5. The maximum Gasteiger partial charge on any atom is 0.323 e. The third-order valence-electron chi connectivity index (χ3n) is 4.86. The number of urea groups is 1. The second kappa shape index (κ2) is 7.13. The van der Waals surface area contributed by atoms with Crippen molar-refractivity contribution in [2.75, 3.05) is 18.4 Å². The lowest BCUT2D eigenvalue weighted by Crippen LogP contribution is -2.42. The smallest absolute Gasteiger partial charge is 0.323 e. The molecule has 0 radical (unpaired) electrons. The van der Waals surface area contributed by atoms with Gasteiger partial charge in [0.25, 0.3) is 0 Å². The number of benzene rings is 1. The van der Waals surface area contributed by atoms with Crippen molar-refractivity contribution in [3.8, 4) is 0 Å². The lowest BCUT2D eigenvalue weighted by molar-refractivity contribution is 0.197. The van der Waals surface area contributed by atoms with Crippen LogP contribution in [0.4, 0.5) is 10.6 Å². The molecular weight excluding hydrogens is 314 g/mol. The molecule has 1 unspecified atom stereocenters. The minimum atomic E-state index is -0.113. The quantitative estimate of drug-likeness (QED) is 0.873. The molecular formula is C20H25N3O2. The number of aryl methyl sites for hydroxylation is 2. The Balaban J connectivity index is 1.65. The number of likely N-dealkylation sites (tertiary alicyclic amines) is 1. The van der Waals surface area contributed by atoms with Gasteiger partial charge in [-0.05, 0) is 38.7 Å². The van der Waals surface area contributed by atoms with Crippen molar-refractivity contribution in [3.63, 3.8) is 0 Å². The molecule has 1 aromatic heterocycles. The minimum Gasteiger partial charge on any atom is -0.359 e. The molecule has 5 heteroatoms. The lowest BCUT2D eigenvalue weighted by Gasteiger charge is -2.33. The van der Waals surface area contributed by atoms with Crippen LogP contribution in [0.15, 0.2) is 34.4 Å². The van der Waals surface area contributed by atoms with Gasteiger partial charge in [0.1, 0.15) is 5.76 Å². The molecule has 132 valence electrons. The third-order valence-corrected chi connectivity index (χ3v) is 4.86. The fourth-order valence-electron chi connectivity index (χ4n) is 3.14. The van der Waals surface area contributed by atoms with Crippen LogP contribution in [-0.4, -0.2) is 29.2 Å². The first-order valence-corrected chi connectivity index (χ1v) is 8.70. The number of hydrogen-bond donors (Lipinski definition) is 1. The van der Waals surface area contributed by atoms with E-state index in [9.17, 15) is 4.79 Å². The fraction of sp³-hybridized carbons (Fsp3) is 0.400. The zero-order chi connectivity index (χ0) is 18.0. The Labute approximate surface area is 148 Å². The molecule has 2 amide bonds. The molecule has 2 heterocycles. The Hall–Kier alpha value is -2.56. The molecule has 5 nitrogen and oxygen atoms in total. The summed E-state index contributed by atoms with van der Waals surface area (Å²) in [5.74, 6) is 1.57. The van der Waals surface area contributed by atoms with Crippen LogP contribution in [0.3, 0.4) is 0 Å². The molecule has 0 bridgehead atoms. The molecule has 0 saturated carbocycles. The second-order valence-electron chi connectivity index (χ2n) is 6.87. The number of amides is 2. The monoisotopic (exact) mass is 339 g/mol. The number of carbonyl (C=O) groups excluding carboxylic acids is 1. The van der Waals surface area contributed by atoms with Gasteiger partial charge in [0.2, 0.25) is 0 Å². The standard InChI is InChI=1S/C20H25N3O2/c1-13-6-5-7-17(10-13)11-18-8-9-23(12-14(18)2)20(24)21-19-15(3)16(4)25-22-19/h5-7,10-11,14H,8-9,12H2,1-4H3,(H,21,22,24)/b18-11+. The topological polar surface area (TPSA) is 58.4 Å². The Morgan fingerprint density at radius 3 is 2.80 bits per heavy atom. The SMILES string of the molecule is Cc1cccc(/C=C2\CCN(C(=O)Nc3noc(C)c3C)CC2C)c1. The van der Waals surface area contributed by atoms with Crippen LogP contribution in [-0.2, 0) is 0 Å². The van der Waals surface area contributed by atoms with Crippen LogP contribution in [0, 0.1) is 26.7 Å². The summed E-state index contributed by atoms with van der Waals surface area (Å²) in [6.07, 6.45) is 3.15. The number of piperidine rings is 1. The van der Waals surface area contributed by atoms with Gasteiger partial charge in [-0.25, -0.2) is 4.79 Å². The van der Waals surface area contributed by atoms with Gasteiger partial charge in [0.15, 0.2) is 5.82 Å². The number of nitrogens with zero attached hydrogens (tertiary/aromatic N) is 2. The van der Waals surface area contributed by atoms with E-state index in [1.807, 2.05) is 18.7 Å². The number of hydrogen-bond acceptors (Lipinski definition) is 3. The highest BCUT2D eigenvalue weighted by Gasteiger charge is 2.25. The van der Waals surface area contributed by atoms with Gasteiger partial charge in [-0.3, -0.25) is 5.32 Å². The van der Waals surface area contributed by atoms with Crippen LogP contribution in [0.25, 0.3) is 6.08 Å². The fourth-order valence-corrected chi connectivity index (χ4v) is 3.14. The van der Waals surface area contributed by atoms with Gasteiger partial charge in [-0.2, -0.15) is 0 Å². The van der Waals surface area contributed by atoms with E-state index < -0.39 is 0 Å². The summed E-state index contributed by atoms with van der Waals surface area (Å²) >= 11 is 0. The molecule has 0 spiro atoms. The van der Waals surface area contributed by atoms with E-state index in [4.69, 9.17) is 4.52 Å². The van der Waals surface area contributed by atoms with E-state index in [-0.39, 0.29) is 6.03 Å². The van der Waals surface area contributed by atoms with Crippen molar-refractivity contribution in [1.29, 1.82) is 0 Å². The maximum atomic E-state index is 12.5. The second-order valence-corrected chi connectivity index (χ2v) is 6.87. The zero-order valence-electron chi connectivity index (χ0n) is 15.3. The first-order valence-electron chi connectivity index (χ1n) is 8.70. The van der Waals surface area contributed by atoms with Crippen molar-refractivity contribution in [3.05, 3.63) is 52.3 Å². The minimum absolute atomic E-state index is 0.113. The lowest BCUT2D eigenvalue weighted by atomic mass is 9.91. The number of aromatic nitrogens is 1. The van der Waals surface area contributed by atoms with E-state index in [2.05, 4.69) is 54.7 Å². The molecule has 25 heavy (non-hydrogen) atoms. The summed E-state index contributed by atoms with van der Waals surface area (Å²) in [6, 6.07) is 8.39. The average Bonchev–Trinajstić information content (AvgIpc) is 2.89. The van der Waals surface area contributed by atoms with Crippen LogP contribution in [0.5, 0.6) is 0 Å². The summed E-state index contributed by atoms with van der Waals surface area (Å²) in [4.78, 5) is 14.3. The van der Waals surface area contributed by atoms with Gasteiger partial charge in [0, 0.05) is 18.7 Å². The predicted molar refractivity (Wildman–Crippen MR) is 99.5 cm³/mol. The number of carbonyl (C=O) groups is 1. The van der Waals surface area contributed by atoms with E-state index in [1.165, 1.54) is 16.7 Å². The van der Waals surface area contributed by atoms with Gasteiger partial charge >= 0.3 is 6.03 Å². The highest BCUT2D eigenvalue weighted by Crippen LogP contribution is 2.26. The number of rotatable bonds is 2. The Morgan fingerprint density at radius 1 is 1.36 bits per heavy atom. The third kappa shape index (κ3) is 3.92. The molecule has 1 aromatic carbocycles. The van der Waals surface area contributed by atoms with Crippen molar-refractivity contribution in [2.24, 2.45) is 5.92 Å². The van der Waals surface area contributed by atoms with E-state index in [0.717, 1.165) is 17.7 Å². The van der Waals surface area contributed by atoms with Crippen molar-refractivity contribution in [1.82, 2.24) is 10.1 Å². The van der Waals surface area contributed by atoms with E-state index in [0.29, 0.717) is 24.8 Å². The highest BCUT2D eigenvalue weighted by molar-refractivity contribution is 5.89. The van der Waals surface area contributed by atoms with Gasteiger partial charge < -0.3 is 9.42 Å². The van der Waals surface area contributed by atoms with Crippen molar-refractivity contribution < 1.29 is 9.32 Å². The Kier molecular flexibility index (Phi) is 4.93. The van der Waals surface area contributed by atoms with E-state index in [1.54, 1.807) is 0 Å². The van der Waals surface area contributed by atoms with Gasteiger partial charge in [0.05, 0.1) is 0 Å². The van der Waals surface area contributed by atoms with Crippen LogP contribution >= 0.6 is 0 Å². The van der Waals surface area contributed by atoms with E-state index >= 15 is 0 Å². The summed E-state index contributed by atoms with van der Waals surface area (Å²) in [5.41, 5.74) is 4.76. The molecule has 0 aliphatic carbocycles. The van der Waals surface area contributed by atoms with Crippen LogP contribution in [0.1, 0.15) is 35.8 Å². The average molecular weight is 339 g/mol. The first-order chi connectivity index (χ1) is 11.9. The van der Waals surface area contributed by atoms with Gasteiger partial charge in [-0.15, -0.1) is 0 Å². The molecule has 1 N–H and O–H groups in total. The predicted octanol–water partition coefficient (Wildman–Crippen LogP) is 4.56. The Morgan fingerprint density at radius 2 is 2.16 bits per heavy atom. The summed E-state index contributed by atoms with van der Waals surface area (Å²) in [6.45, 7) is 9.42. The molecule has 1 saturated heterocycles. The zero-order valence-corrected chi connectivity index (χ0v) is 15.3. The van der Waals surface area contributed by atoms with Crippen LogP contribution < -0.4 is 5.32 Å². The van der Waals surface area contributed by atoms with Crippen molar-refractivity contribution in [2.45, 2.75) is 34.1 Å². The molecule has 1 atom stereocenters.